The third-order valence-electron chi connectivity index (χ3n) is 4.80. The van der Waals surface area contributed by atoms with Gasteiger partial charge in [-0.3, -0.25) is 0 Å². The van der Waals surface area contributed by atoms with Crippen molar-refractivity contribution >= 4 is 0 Å². The van der Waals surface area contributed by atoms with E-state index in [0.717, 1.165) is 5.92 Å². The van der Waals surface area contributed by atoms with Crippen molar-refractivity contribution in [2.45, 2.75) is 53.1 Å². The van der Waals surface area contributed by atoms with Crippen LogP contribution in [0.3, 0.4) is 0 Å². The number of allylic oxidation sites excluding steroid dienone is 2. The zero-order chi connectivity index (χ0) is 11.9. The highest BCUT2D eigenvalue weighted by atomic mass is 16.5. The fourth-order valence-electron chi connectivity index (χ4n) is 4.05. The predicted octanol–water partition coefficient (Wildman–Crippen LogP) is 4.31. The Hall–Kier alpha value is -0.720. The summed E-state index contributed by atoms with van der Waals surface area (Å²) < 4.78 is 6.17. The number of rotatable bonds is 2. The van der Waals surface area contributed by atoms with E-state index in [2.05, 4.69) is 34.3 Å². The first-order valence-corrected chi connectivity index (χ1v) is 6.55. The summed E-state index contributed by atoms with van der Waals surface area (Å²) in [4.78, 5) is 0. The maximum absolute atomic E-state index is 6.17. The third kappa shape index (κ3) is 1.30. The van der Waals surface area contributed by atoms with Crippen molar-refractivity contribution in [2.24, 2.45) is 17.3 Å². The Kier molecular flexibility index (Phi) is 2.90. The normalized spacial score (nSPS) is 41.8. The Morgan fingerprint density at radius 3 is 2.69 bits per heavy atom. The first-order chi connectivity index (χ1) is 7.57. The maximum Gasteiger partial charge on any atom is 0.120 e. The molecule has 0 bridgehead atoms. The van der Waals surface area contributed by atoms with E-state index in [0.29, 0.717) is 11.3 Å². The van der Waals surface area contributed by atoms with Crippen molar-refractivity contribution in [1.82, 2.24) is 0 Å². The Balaban J connectivity index is 2.51. The van der Waals surface area contributed by atoms with Gasteiger partial charge in [0.2, 0.25) is 0 Å². The first kappa shape index (κ1) is 11.8. The minimum absolute atomic E-state index is 0.245. The smallest absolute Gasteiger partial charge is 0.120 e. The van der Waals surface area contributed by atoms with Crippen LogP contribution in [0.5, 0.6) is 0 Å². The van der Waals surface area contributed by atoms with E-state index in [4.69, 9.17) is 4.74 Å². The Labute approximate surface area is 99.6 Å². The summed E-state index contributed by atoms with van der Waals surface area (Å²) in [6.07, 6.45) is 6.08. The summed E-state index contributed by atoms with van der Waals surface area (Å²) in [5, 5.41) is 0. The minimum Gasteiger partial charge on any atom is -0.490 e. The molecule has 2 fully saturated rings. The summed E-state index contributed by atoms with van der Waals surface area (Å²) in [5.74, 6) is 2.68. The van der Waals surface area contributed by atoms with Gasteiger partial charge in [-0.25, -0.2) is 0 Å². The summed E-state index contributed by atoms with van der Waals surface area (Å²) >= 11 is 0. The second-order valence-electron chi connectivity index (χ2n) is 5.63. The van der Waals surface area contributed by atoms with Crippen LogP contribution >= 0.6 is 0 Å². The van der Waals surface area contributed by atoms with Crippen LogP contribution in [0.25, 0.3) is 0 Å². The number of hydrogen-bond donors (Lipinski definition) is 0. The van der Waals surface area contributed by atoms with Crippen LogP contribution in [0, 0.1) is 17.3 Å². The van der Waals surface area contributed by atoms with Crippen LogP contribution in [0.4, 0.5) is 0 Å². The molecule has 1 nitrogen and oxygen atoms in total. The average molecular weight is 220 g/mol. The van der Waals surface area contributed by atoms with Gasteiger partial charge in [-0.05, 0) is 44.6 Å². The van der Waals surface area contributed by atoms with Crippen molar-refractivity contribution < 1.29 is 4.74 Å². The molecule has 1 aliphatic heterocycles. The Morgan fingerprint density at radius 1 is 1.50 bits per heavy atom. The van der Waals surface area contributed by atoms with Gasteiger partial charge in [0.15, 0.2) is 0 Å². The Bertz CT molecular complexity index is 324. The van der Waals surface area contributed by atoms with Crippen LogP contribution in [-0.2, 0) is 4.74 Å². The van der Waals surface area contributed by atoms with Gasteiger partial charge >= 0.3 is 0 Å². The summed E-state index contributed by atoms with van der Waals surface area (Å²) in [5.41, 5.74) is 1.66. The highest BCUT2D eigenvalue weighted by molar-refractivity contribution is 5.26. The van der Waals surface area contributed by atoms with Crippen molar-refractivity contribution in [3.8, 4) is 0 Å². The van der Waals surface area contributed by atoms with Crippen molar-refractivity contribution in [1.29, 1.82) is 0 Å². The lowest BCUT2D eigenvalue weighted by atomic mass is 9.68. The zero-order valence-electron chi connectivity index (χ0n) is 11.0. The van der Waals surface area contributed by atoms with Gasteiger partial charge in [0, 0.05) is 11.3 Å². The van der Waals surface area contributed by atoms with Gasteiger partial charge in [-0.15, -0.1) is 0 Å². The van der Waals surface area contributed by atoms with Gasteiger partial charge in [0.25, 0.3) is 0 Å². The van der Waals surface area contributed by atoms with E-state index in [1.54, 1.807) is 0 Å². The molecule has 1 heteroatoms. The van der Waals surface area contributed by atoms with E-state index >= 15 is 0 Å². The van der Waals surface area contributed by atoms with E-state index in [1.807, 2.05) is 6.08 Å². The van der Waals surface area contributed by atoms with Crippen LogP contribution in [0.2, 0.25) is 0 Å². The summed E-state index contributed by atoms with van der Waals surface area (Å²) in [7, 11) is 0. The lowest BCUT2D eigenvalue weighted by molar-refractivity contribution is 0.164. The SMILES string of the molecule is C=C[C@@H]1OC(=C(C)C)[C@@]2(CC)[C@H](C)CC[C@@H]12. The molecular weight excluding hydrogens is 196 g/mol. The lowest BCUT2D eigenvalue weighted by Gasteiger charge is -2.32. The molecule has 2 rings (SSSR count). The second kappa shape index (κ2) is 3.94. The predicted molar refractivity (Wildman–Crippen MR) is 68.1 cm³/mol. The number of ether oxygens (including phenoxy) is 1. The lowest BCUT2D eigenvalue weighted by Crippen LogP contribution is -2.30. The monoisotopic (exact) mass is 220 g/mol. The van der Waals surface area contributed by atoms with Gasteiger partial charge in [-0.1, -0.05) is 26.5 Å². The number of hydrogen-bond acceptors (Lipinski definition) is 1. The molecule has 0 radical (unpaired) electrons. The van der Waals surface area contributed by atoms with Gasteiger partial charge in [0.1, 0.15) is 11.9 Å². The highest BCUT2D eigenvalue weighted by Gasteiger charge is 2.58. The molecule has 0 spiro atoms. The molecule has 0 aromatic rings. The van der Waals surface area contributed by atoms with Crippen LogP contribution in [0.1, 0.15) is 47.0 Å². The quantitative estimate of drug-likeness (QED) is 0.630. The molecule has 16 heavy (non-hydrogen) atoms. The molecule has 1 saturated heterocycles. The molecule has 1 heterocycles. The molecular formula is C15H24O. The average Bonchev–Trinajstić information content (AvgIpc) is 2.75. The van der Waals surface area contributed by atoms with E-state index in [1.165, 1.54) is 30.6 Å². The standard InChI is InChI=1S/C15H24O/c1-6-13-12-9-8-11(5)15(12,7-2)14(16-13)10(3)4/h6,11-13H,1,7-9H2,2-5H3/t11-,12+,13+,15+/m1/s1. The molecule has 0 aromatic carbocycles. The van der Waals surface area contributed by atoms with Crippen molar-refractivity contribution in [3.63, 3.8) is 0 Å². The van der Waals surface area contributed by atoms with Gasteiger partial charge in [-0.2, -0.15) is 0 Å². The molecule has 0 unspecified atom stereocenters. The highest BCUT2D eigenvalue weighted by Crippen LogP contribution is 2.62. The Morgan fingerprint density at radius 2 is 2.19 bits per heavy atom. The van der Waals surface area contributed by atoms with Crippen molar-refractivity contribution in [3.05, 3.63) is 24.0 Å². The maximum atomic E-state index is 6.17. The minimum atomic E-state index is 0.245. The molecule has 90 valence electrons. The van der Waals surface area contributed by atoms with E-state index in [-0.39, 0.29) is 6.10 Å². The van der Waals surface area contributed by atoms with Crippen LogP contribution in [-0.4, -0.2) is 6.10 Å². The van der Waals surface area contributed by atoms with Crippen LogP contribution < -0.4 is 0 Å². The molecule has 1 saturated carbocycles. The fourth-order valence-corrected chi connectivity index (χ4v) is 4.05. The molecule has 1 aliphatic carbocycles. The van der Waals surface area contributed by atoms with Crippen LogP contribution in [0.15, 0.2) is 24.0 Å². The number of fused-ring (bicyclic) bond motifs is 1. The van der Waals surface area contributed by atoms with Gasteiger partial charge < -0.3 is 4.74 Å². The van der Waals surface area contributed by atoms with Gasteiger partial charge in [0.05, 0.1) is 0 Å². The molecule has 4 atom stereocenters. The second-order valence-corrected chi connectivity index (χ2v) is 5.63. The van der Waals surface area contributed by atoms with E-state index in [9.17, 15) is 0 Å². The topological polar surface area (TPSA) is 9.23 Å². The molecule has 2 aliphatic rings. The fraction of sp³-hybridized carbons (Fsp3) is 0.733. The zero-order valence-corrected chi connectivity index (χ0v) is 11.0. The van der Waals surface area contributed by atoms with E-state index < -0.39 is 0 Å². The molecule has 0 aromatic heterocycles. The third-order valence-corrected chi connectivity index (χ3v) is 4.80. The summed E-state index contributed by atoms with van der Waals surface area (Å²) in [6.45, 7) is 13.0. The molecule has 0 amide bonds. The van der Waals surface area contributed by atoms with Crippen molar-refractivity contribution in [2.75, 3.05) is 0 Å². The largest absolute Gasteiger partial charge is 0.490 e. The molecule has 0 N–H and O–H groups in total. The summed E-state index contributed by atoms with van der Waals surface area (Å²) in [6, 6.07) is 0. The first-order valence-electron chi connectivity index (χ1n) is 6.55.